The number of fused-ring (bicyclic) bond motifs is 1. The van der Waals surface area contributed by atoms with Gasteiger partial charge >= 0.3 is 0 Å². The maximum atomic E-state index is 2.40. The van der Waals surface area contributed by atoms with E-state index in [1.807, 2.05) is 0 Å². The summed E-state index contributed by atoms with van der Waals surface area (Å²) in [6.07, 6.45) is 0. The summed E-state index contributed by atoms with van der Waals surface area (Å²) in [6, 6.07) is 15.9. The van der Waals surface area contributed by atoms with Gasteiger partial charge in [-0.3, -0.25) is 0 Å². The van der Waals surface area contributed by atoms with Crippen LogP contribution in [0.4, 0.5) is 0 Å². The number of rotatable bonds is 2. The molecule has 0 bridgehead atoms. The molecular formula is C25H32N+. The van der Waals surface area contributed by atoms with Gasteiger partial charge in [0, 0.05) is 23.1 Å². The Bertz CT molecular complexity index is 972. The zero-order valence-corrected chi connectivity index (χ0v) is 17.6. The number of nitrogens with zero attached hydrogens (tertiary/aromatic N) is 1. The molecule has 1 nitrogen and oxygen atoms in total. The minimum absolute atomic E-state index is 0.142. The summed E-state index contributed by atoms with van der Waals surface area (Å²) in [5.74, 6) is 0.493. The van der Waals surface area contributed by atoms with Crippen LogP contribution < -0.4 is 4.57 Å². The molecule has 0 atom stereocenters. The highest BCUT2D eigenvalue weighted by molar-refractivity contribution is 5.82. The Labute approximate surface area is 158 Å². The molecule has 0 unspecified atom stereocenters. The minimum Gasteiger partial charge on any atom is -0.194 e. The molecule has 0 radical (unpaired) electrons. The van der Waals surface area contributed by atoms with Crippen molar-refractivity contribution in [1.82, 2.24) is 0 Å². The highest BCUT2D eigenvalue weighted by atomic mass is 14.9. The van der Waals surface area contributed by atoms with Crippen LogP contribution in [-0.4, -0.2) is 0 Å². The third kappa shape index (κ3) is 3.16. The monoisotopic (exact) mass is 346 g/mol. The number of hydrogen-bond donors (Lipinski definition) is 0. The minimum atomic E-state index is 0.142. The van der Waals surface area contributed by atoms with Crippen LogP contribution in [0.5, 0.6) is 0 Å². The summed E-state index contributed by atoms with van der Waals surface area (Å²) in [7, 11) is 2.19. The van der Waals surface area contributed by atoms with Crippen LogP contribution in [0.1, 0.15) is 62.8 Å². The molecule has 0 fully saturated rings. The lowest BCUT2D eigenvalue weighted by molar-refractivity contribution is -0.633. The van der Waals surface area contributed by atoms with Crippen LogP contribution >= 0.6 is 0 Å². The summed E-state index contributed by atoms with van der Waals surface area (Å²) < 4.78 is 2.36. The summed E-state index contributed by atoms with van der Waals surface area (Å²) in [6.45, 7) is 15.9. The van der Waals surface area contributed by atoms with Crippen LogP contribution in [0.2, 0.25) is 0 Å². The molecule has 26 heavy (non-hydrogen) atoms. The Hall–Kier alpha value is -2.15. The van der Waals surface area contributed by atoms with Crippen LogP contribution in [0.15, 0.2) is 42.5 Å². The number of aryl methyl sites for hydroxylation is 2. The number of benzene rings is 2. The molecule has 0 saturated carbocycles. The van der Waals surface area contributed by atoms with Gasteiger partial charge < -0.3 is 0 Å². The second kappa shape index (κ2) is 6.54. The third-order valence-corrected chi connectivity index (χ3v) is 5.66. The first-order valence-electron chi connectivity index (χ1n) is 9.65. The molecule has 0 spiro atoms. The molecule has 136 valence electrons. The van der Waals surface area contributed by atoms with E-state index in [1.165, 1.54) is 44.4 Å². The SMILES string of the molecule is Cc1cc(C(C)(C)C)cc(-c2cc(C(C)C)c3ccccc3[n+]2C)c1C. The van der Waals surface area contributed by atoms with Gasteiger partial charge in [0.05, 0.1) is 0 Å². The second-order valence-corrected chi connectivity index (χ2v) is 8.93. The lowest BCUT2D eigenvalue weighted by atomic mass is 9.83. The van der Waals surface area contributed by atoms with Crippen molar-refractivity contribution >= 4 is 10.9 Å². The molecule has 1 aromatic heterocycles. The summed E-state index contributed by atoms with van der Waals surface area (Å²) in [5, 5.41) is 1.36. The molecule has 0 aliphatic rings. The van der Waals surface area contributed by atoms with Gasteiger partial charge in [-0.05, 0) is 59.6 Å². The van der Waals surface area contributed by atoms with E-state index in [4.69, 9.17) is 0 Å². The van der Waals surface area contributed by atoms with Crippen LogP contribution in [-0.2, 0) is 12.5 Å². The van der Waals surface area contributed by atoms with Gasteiger partial charge in [0.25, 0.3) is 0 Å². The lowest BCUT2D eigenvalue weighted by Gasteiger charge is -2.22. The maximum Gasteiger partial charge on any atom is 0.213 e. The highest BCUT2D eigenvalue weighted by Crippen LogP contribution is 2.34. The Balaban J connectivity index is 2.40. The predicted octanol–water partition coefficient (Wildman–Crippen LogP) is 6.37. The van der Waals surface area contributed by atoms with Crippen molar-refractivity contribution in [1.29, 1.82) is 0 Å². The van der Waals surface area contributed by atoms with Crippen LogP contribution in [0.3, 0.4) is 0 Å². The molecule has 2 aromatic carbocycles. The number of hydrogen-bond acceptors (Lipinski definition) is 0. The van der Waals surface area contributed by atoms with E-state index in [0.29, 0.717) is 5.92 Å². The normalized spacial score (nSPS) is 12.2. The molecule has 1 heteroatoms. The van der Waals surface area contributed by atoms with E-state index in [-0.39, 0.29) is 5.41 Å². The average molecular weight is 347 g/mol. The average Bonchev–Trinajstić information content (AvgIpc) is 2.57. The topological polar surface area (TPSA) is 3.88 Å². The van der Waals surface area contributed by atoms with Crippen LogP contribution in [0.25, 0.3) is 22.2 Å². The fraction of sp³-hybridized carbons (Fsp3) is 0.400. The summed E-state index contributed by atoms with van der Waals surface area (Å²) >= 11 is 0. The van der Waals surface area contributed by atoms with Crippen LogP contribution in [0, 0.1) is 13.8 Å². The first-order chi connectivity index (χ1) is 12.1. The Morgan fingerprint density at radius 2 is 1.58 bits per heavy atom. The van der Waals surface area contributed by atoms with Crippen molar-refractivity contribution in [3.63, 3.8) is 0 Å². The smallest absolute Gasteiger partial charge is 0.194 e. The maximum absolute atomic E-state index is 2.40. The largest absolute Gasteiger partial charge is 0.213 e. The van der Waals surface area contributed by atoms with E-state index in [1.54, 1.807) is 0 Å². The molecule has 3 aromatic rings. The Morgan fingerprint density at radius 1 is 0.923 bits per heavy atom. The molecule has 0 saturated heterocycles. The molecule has 1 heterocycles. The van der Waals surface area contributed by atoms with Crippen molar-refractivity contribution in [2.75, 3.05) is 0 Å². The molecule has 0 N–H and O–H groups in total. The van der Waals surface area contributed by atoms with E-state index in [2.05, 4.69) is 103 Å². The van der Waals surface area contributed by atoms with Gasteiger partial charge in [-0.1, -0.05) is 52.8 Å². The fourth-order valence-corrected chi connectivity index (χ4v) is 3.76. The predicted molar refractivity (Wildman–Crippen MR) is 113 cm³/mol. The quantitative estimate of drug-likeness (QED) is 0.475. The Kier molecular flexibility index (Phi) is 4.69. The van der Waals surface area contributed by atoms with Crippen molar-refractivity contribution < 1.29 is 4.57 Å². The molecule has 0 aliphatic heterocycles. The number of pyridine rings is 1. The van der Waals surface area contributed by atoms with Crippen molar-refractivity contribution in [3.8, 4) is 11.3 Å². The Morgan fingerprint density at radius 3 is 2.19 bits per heavy atom. The lowest BCUT2D eigenvalue weighted by Crippen LogP contribution is -2.33. The van der Waals surface area contributed by atoms with Gasteiger partial charge in [-0.25, -0.2) is 0 Å². The van der Waals surface area contributed by atoms with Crippen molar-refractivity contribution in [2.45, 2.75) is 59.8 Å². The number of para-hydroxylation sites is 1. The van der Waals surface area contributed by atoms with Crippen molar-refractivity contribution in [3.05, 3.63) is 64.7 Å². The van der Waals surface area contributed by atoms with E-state index in [9.17, 15) is 0 Å². The van der Waals surface area contributed by atoms with Gasteiger partial charge in [0.15, 0.2) is 0 Å². The first kappa shape index (κ1) is 18.6. The molecule has 0 amide bonds. The van der Waals surface area contributed by atoms with Gasteiger partial charge in [0.2, 0.25) is 11.2 Å². The van der Waals surface area contributed by atoms with Gasteiger partial charge in [-0.15, -0.1) is 0 Å². The molecule has 0 aliphatic carbocycles. The second-order valence-electron chi connectivity index (χ2n) is 8.93. The van der Waals surface area contributed by atoms with E-state index >= 15 is 0 Å². The third-order valence-electron chi connectivity index (χ3n) is 5.66. The fourth-order valence-electron chi connectivity index (χ4n) is 3.76. The first-order valence-corrected chi connectivity index (χ1v) is 9.65. The molecular weight excluding hydrogens is 314 g/mol. The van der Waals surface area contributed by atoms with E-state index < -0.39 is 0 Å². The standard InChI is InChI=1S/C25H32N/c1-16(2)21-15-24(26(8)23-12-10-9-11-20(21)23)22-14-19(25(5,6)7)13-17(3)18(22)4/h9-16H,1-8H3/q+1. The highest BCUT2D eigenvalue weighted by Gasteiger charge is 2.23. The summed E-state index contributed by atoms with van der Waals surface area (Å²) in [5.41, 5.74) is 9.66. The number of aromatic nitrogens is 1. The van der Waals surface area contributed by atoms with Crippen molar-refractivity contribution in [2.24, 2.45) is 7.05 Å². The van der Waals surface area contributed by atoms with Gasteiger partial charge in [-0.2, -0.15) is 4.57 Å². The molecule has 3 rings (SSSR count). The summed E-state index contributed by atoms with van der Waals surface area (Å²) in [4.78, 5) is 0. The van der Waals surface area contributed by atoms with Gasteiger partial charge in [0.1, 0.15) is 7.05 Å². The van der Waals surface area contributed by atoms with E-state index in [0.717, 1.165) is 0 Å². The zero-order valence-electron chi connectivity index (χ0n) is 17.6. The zero-order chi connectivity index (χ0) is 19.2.